The molecule has 0 radical (unpaired) electrons. The number of benzene rings is 2. The molecule has 0 aliphatic rings. The van der Waals surface area contributed by atoms with Crippen LogP contribution in [0.25, 0.3) is 10.9 Å². The first kappa shape index (κ1) is 18.1. The minimum atomic E-state index is -0.303. The fraction of sp³-hybridized carbons (Fsp3) is 0.200. The molecule has 0 aliphatic heterocycles. The third-order valence-electron chi connectivity index (χ3n) is 4.18. The SMILES string of the molecule is COc1cc(OC)c2cc(C(=O)Nc3ccc(CC#N)cc3)[nH]c2c1OC. The van der Waals surface area contributed by atoms with Crippen LogP contribution in [0.2, 0.25) is 0 Å². The first-order chi connectivity index (χ1) is 13.1. The van der Waals surface area contributed by atoms with Gasteiger partial charge in [0, 0.05) is 17.1 Å². The second kappa shape index (κ2) is 7.70. The Kier molecular flexibility index (Phi) is 5.18. The highest BCUT2D eigenvalue weighted by Gasteiger charge is 2.19. The van der Waals surface area contributed by atoms with E-state index in [1.807, 2.05) is 0 Å². The van der Waals surface area contributed by atoms with Gasteiger partial charge < -0.3 is 24.5 Å². The Hall–Kier alpha value is -3.66. The molecule has 3 rings (SSSR count). The first-order valence-electron chi connectivity index (χ1n) is 8.20. The molecule has 0 saturated carbocycles. The van der Waals surface area contributed by atoms with Gasteiger partial charge >= 0.3 is 0 Å². The zero-order chi connectivity index (χ0) is 19.4. The third-order valence-corrected chi connectivity index (χ3v) is 4.18. The van der Waals surface area contributed by atoms with E-state index in [2.05, 4.69) is 16.4 Å². The summed E-state index contributed by atoms with van der Waals surface area (Å²) in [7, 11) is 4.62. The van der Waals surface area contributed by atoms with Gasteiger partial charge in [-0.1, -0.05) is 12.1 Å². The van der Waals surface area contributed by atoms with Crippen molar-refractivity contribution in [3.05, 3.63) is 47.7 Å². The number of ether oxygens (including phenoxy) is 3. The number of hydrogen-bond acceptors (Lipinski definition) is 5. The van der Waals surface area contributed by atoms with Crippen LogP contribution >= 0.6 is 0 Å². The summed E-state index contributed by atoms with van der Waals surface area (Å²) in [5.41, 5.74) is 2.50. The Morgan fingerprint density at radius 3 is 2.37 bits per heavy atom. The van der Waals surface area contributed by atoms with Crippen LogP contribution in [0.4, 0.5) is 5.69 Å². The Balaban J connectivity index is 1.94. The highest BCUT2D eigenvalue weighted by molar-refractivity contribution is 6.07. The number of nitriles is 1. The standard InChI is InChI=1S/C20H19N3O4/c1-25-16-11-17(26-2)19(27-3)18-14(16)10-15(23-18)20(24)22-13-6-4-12(5-7-13)8-9-21/h4-7,10-11,23H,8H2,1-3H3,(H,22,24). The maximum Gasteiger partial charge on any atom is 0.272 e. The Morgan fingerprint density at radius 2 is 1.78 bits per heavy atom. The maximum absolute atomic E-state index is 12.6. The summed E-state index contributed by atoms with van der Waals surface area (Å²) in [5.74, 6) is 1.26. The number of fused-ring (bicyclic) bond motifs is 1. The molecule has 0 spiro atoms. The van der Waals surface area contributed by atoms with E-state index < -0.39 is 0 Å². The lowest BCUT2D eigenvalue weighted by molar-refractivity contribution is 0.102. The molecule has 1 aromatic heterocycles. The molecule has 0 bridgehead atoms. The first-order valence-corrected chi connectivity index (χ1v) is 8.20. The van der Waals surface area contributed by atoms with Crippen molar-refractivity contribution in [2.75, 3.05) is 26.6 Å². The molecule has 1 heterocycles. The zero-order valence-corrected chi connectivity index (χ0v) is 15.3. The van der Waals surface area contributed by atoms with Gasteiger partial charge in [0.2, 0.25) is 0 Å². The fourth-order valence-electron chi connectivity index (χ4n) is 2.85. The predicted octanol–water partition coefficient (Wildman–Crippen LogP) is 3.51. The summed E-state index contributed by atoms with van der Waals surface area (Å²) < 4.78 is 16.2. The third kappa shape index (κ3) is 3.51. The van der Waals surface area contributed by atoms with Gasteiger partial charge in [0.25, 0.3) is 5.91 Å². The number of H-pyrrole nitrogens is 1. The number of methoxy groups -OCH3 is 3. The summed E-state index contributed by atoms with van der Waals surface area (Å²) in [5, 5.41) is 12.3. The molecule has 0 aliphatic carbocycles. The van der Waals surface area contributed by atoms with E-state index in [1.54, 1.807) is 43.5 Å². The molecule has 0 fully saturated rings. The van der Waals surface area contributed by atoms with Gasteiger partial charge in [0.1, 0.15) is 11.4 Å². The lowest BCUT2D eigenvalue weighted by Gasteiger charge is -2.11. The molecule has 0 atom stereocenters. The van der Waals surface area contributed by atoms with E-state index in [0.29, 0.717) is 46.0 Å². The number of hydrogen-bond donors (Lipinski definition) is 2. The molecular formula is C20H19N3O4. The highest BCUT2D eigenvalue weighted by atomic mass is 16.5. The molecule has 2 aromatic carbocycles. The number of carbonyl (C=O) groups is 1. The molecule has 0 unspecified atom stereocenters. The molecule has 1 amide bonds. The van der Waals surface area contributed by atoms with Gasteiger partial charge in [-0.15, -0.1) is 0 Å². The van der Waals surface area contributed by atoms with Gasteiger partial charge in [-0.2, -0.15) is 5.26 Å². The van der Waals surface area contributed by atoms with Crippen LogP contribution in [-0.2, 0) is 6.42 Å². The summed E-state index contributed by atoms with van der Waals surface area (Å²) in [4.78, 5) is 15.7. The van der Waals surface area contributed by atoms with Crippen molar-refractivity contribution in [3.63, 3.8) is 0 Å². The van der Waals surface area contributed by atoms with Crippen LogP contribution in [0.5, 0.6) is 17.2 Å². The Labute approximate surface area is 156 Å². The molecule has 2 N–H and O–H groups in total. The van der Waals surface area contributed by atoms with E-state index in [4.69, 9.17) is 19.5 Å². The molecular weight excluding hydrogens is 346 g/mol. The number of rotatable bonds is 6. The van der Waals surface area contributed by atoms with E-state index in [-0.39, 0.29) is 5.91 Å². The summed E-state index contributed by atoms with van der Waals surface area (Å²) in [6.07, 6.45) is 0.331. The van der Waals surface area contributed by atoms with Crippen LogP contribution in [0, 0.1) is 11.3 Å². The van der Waals surface area contributed by atoms with Gasteiger partial charge in [0.15, 0.2) is 11.5 Å². The van der Waals surface area contributed by atoms with Crippen LogP contribution in [0.15, 0.2) is 36.4 Å². The van der Waals surface area contributed by atoms with Crippen molar-refractivity contribution in [2.24, 2.45) is 0 Å². The van der Waals surface area contributed by atoms with Gasteiger partial charge in [-0.25, -0.2) is 0 Å². The van der Waals surface area contributed by atoms with Gasteiger partial charge in [-0.3, -0.25) is 4.79 Å². The van der Waals surface area contributed by atoms with Gasteiger partial charge in [0.05, 0.1) is 39.3 Å². The highest BCUT2D eigenvalue weighted by Crippen LogP contribution is 2.41. The molecule has 7 nitrogen and oxygen atoms in total. The number of carbonyl (C=O) groups excluding carboxylic acids is 1. The minimum Gasteiger partial charge on any atom is -0.496 e. The quantitative estimate of drug-likeness (QED) is 0.697. The zero-order valence-electron chi connectivity index (χ0n) is 15.3. The maximum atomic E-state index is 12.6. The Bertz CT molecular complexity index is 1020. The summed E-state index contributed by atoms with van der Waals surface area (Å²) in [6, 6.07) is 12.6. The summed E-state index contributed by atoms with van der Waals surface area (Å²) >= 11 is 0. The van der Waals surface area contributed by atoms with Crippen LogP contribution in [0.1, 0.15) is 16.1 Å². The van der Waals surface area contributed by atoms with Crippen molar-refractivity contribution < 1.29 is 19.0 Å². The minimum absolute atomic E-state index is 0.303. The van der Waals surface area contributed by atoms with Crippen LogP contribution < -0.4 is 19.5 Å². The molecule has 0 saturated heterocycles. The smallest absolute Gasteiger partial charge is 0.272 e. The fourth-order valence-corrected chi connectivity index (χ4v) is 2.85. The topological polar surface area (TPSA) is 96.4 Å². The average molecular weight is 365 g/mol. The van der Waals surface area contributed by atoms with Crippen molar-refractivity contribution in [3.8, 4) is 23.3 Å². The van der Waals surface area contributed by atoms with E-state index in [1.165, 1.54) is 14.2 Å². The van der Waals surface area contributed by atoms with Crippen LogP contribution in [0.3, 0.4) is 0 Å². The lowest BCUT2D eigenvalue weighted by Crippen LogP contribution is -2.12. The van der Waals surface area contributed by atoms with E-state index in [9.17, 15) is 4.79 Å². The predicted molar refractivity (Wildman–Crippen MR) is 102 cm³/mol. The molecule has 27 heavy (non-hydrogen) atoms. The second-order valence-electron chi connectivity index (χ2n) is 5.77. The largest absolute Gasteiger partial charge is 0.496 e. The Morgan fingerprint density at radius 1 is 1.07 bits per heavy atom. The normalized spacial score (nSPS) is 10.3. The van der Waals surface area contributed by atoms with E-state index >= 15 is 0 Å². The number of aromatic amines is 1. The number of amides is 1. The van der Waals surface area contributed by atoms with Crippen molar-refractivity contribution in [1.82, 2.24) is 4.98 Å². The molecule has 3 aromatic rings. The van der Waals surface area contributed by atoms with Crippen molar-refractivity contribution >= 4 is 22.5 Å². The monoisotopic (exact) mass is 365 g/mol. The number of aromatic nitrogens is 1. The van der Waals surface area contributed by atoms with Crippen molar-refractivity contribution in [2.45, 2.75) is 6.42 Å². The van der Waals surface area contributed by atoms with Crippen molar-refractivity contribution in [1.29, 1.82) is 5.26 Å². The lowest BCUT2D eigenvalue weighted by atomic mass is 10.1. The van der Waals surface area contributed by atoms with E-state index in [0.717, 1.165) is 5.56 Å². The summed E-state index contributed by atoms with van der Waals surface area (Å²) in [6.45, 7) is 0. The number of nitrogens with one attached hydrogen (secondary N) is 2. The average Bonchev–Trinajstić information content (AvgIpc) is 3.13. The molecule has 138 valence electrons. The van der Waals surface area contributed by atoms with Gasteiger partial charge in [-0.05, 0) is 23.8 Å². The molecule has 7 heteroatoms. The number of anilines is 1. The second-order valence-corrected chi connectivity index (χ2v) is 5.77. The number of nitrogens with zero attached hydrogens (tertiary/aromatic N) is 1. The van der Waals surface area contributed by atoms with Crippen LogP contribution in [-0.4, -0.2) is 32.2 Å².